The van der Waals surface area contributed by atoms with E-state index in [1.54, 1.807) is 35.3 Å². The van der Waals surface area contributed by atoms with Crippen LogP contribution in [0.3, 0.4) is 0 Å². The number of aromatic nitrogens is 2. The average molecular weight is 367 g/mol. The summed E-state index contributed by atoms with van der Waals surface area (Å²) in [6.45, 7) is 2.52. The van der Waals surface area contributed by atoms with Gasteiger partial charge < -0.3 is 10.2 Å². The van der Waals surface area contributed by atoms with E-state index in [1.807, 2.05) is 11.9 Å². The molecule has 2 aromatic rings. The Labute approximate surface area is 151 Å². The molecule has 2 heterocycles. The Morgan fingerprint density at radius 2 is 2.25 bits per heavy atom. The lowest BCUT2D eigenvalue weighted by Crippen LogP contribution is -2.42. The molecular weight excluding hydrogens is 347 g/mol. The number of nitrogens with zero attached hydrogens (tertiary/aromatic N) is 3. The summed E-state index contributed by atoms with van der Waals surface area (Å²) in [4.78, 5) is 14.6. The molecule has 1 saturated heterocycles. The van der Waals surface area contributed by atoms with Crippen LogP contribution in [0.1, 0.15) is 23.2 Å². The van der Waals surface area contributed by atoms with E-state index in [0.29, 0.717) is 27.2 Å². The molecule has 1 fully saturated rings. The van der Waals surface area contributed by atoms with Crippen LogP contribution in [-0.4, -0.2) is 47.3 Å². The number of nitrogens with one attached hydrogen (secondary N) is 1. The summed E-state index contributed by atoms with van der Waals surface area (Å²) >= 11 is 12.1. The molecule has 1 aromatic heterocycles. The molecule has 0 spiro atoms. The van der Waals surface area contributed by atoms with Gasteiger partial charge in [-0.25, -0.2) is 4.68 Å². The molecule has 0 aliphatic carbocycles. The van der Waals surface area contributed by atoms with Crippen LogP contribution in [0.15, 0.2) is 30.6 Å². The van der Waals surface area contributed by atoms with Crippen molar-refractivity contribution in [2.24, 2.45) is 5.92 Å². The number of carbonyl (C=O) groups is 1. The van der Waals surface area contributed by atoms with E-state index in [1.165, 1.54) is 0 Å². The lowest BCUT2D eigenvalue weighted by molar-refractivity contribution is 0.0674. The van der Waals surface area contributed by atoms with Gasteiger partial charge >= 0.3 is 0 Å². The third-order valence-electron chi connectivity index (χ3n) is 4.29. The number of carbonyl (C=O) groups excluding carboxylic acids is 1. The summed E-state index contributed by atoms with van der Waals surface area (Å²) < 4.78 is 1.61. The summed E-state index contributed by atoms with van der Waals surface area (Å²) in [6, 6.07) is 5.20. The maximum absolute atomic E-state index is 12.7. The van der Waals surface area contributed by atoms with E-state index >= 15 is 0 Å². The second-order valence-corrected chi connectivity index (χ2v) is 6.93. The topological polar surface area (TPSA) is 50.2 Å². The number of halogens is 2. The van der Waals surface area contributed by atoms with Crippen LogP contribution in [0.25, 0.3) is 5.69 Å². The molecule has 0 radical (unpaired) electrons. The van der Waals surface area contributed by atoms with E-state index in [-0.39, 0.29) is 5.91 Å². The third kappa shape index (κ3) is 3.74. The summed E-state index contributed by atoms with van der Waals surface area (Å²) in [6.07, 6.45) is 5.51. The van der Waals surface area contributed by atoms with Crippen LogP contribution in [0, 0.1) is 5.92 Å². The quantitative estimate of drug-likeness (QED) is 0.903. The van der Waals surface area contributed by atoms with Gasteiger partial charge in [0.05, 0.1) is 22.5 Å². The Balaban J connectivity index is 1.76. The van der Waals surface area contributed by atoms with Crippen LogP contribution >= 0.6 is 23.2 Å². The molecule has 3 rings (SSSR count). The molecule has 128 valence electrons. The number of rotatable bonds is 4. The molecule has 0 saturated carbocycles. The van der Waals surface area contributed by atoms with Crippen molar-refractivity contribution in [3.63, 3.8) is 0 Å². The average Bonchev–Trinajstić information content (AvgIpc) is 3.04. The normalized spacial score (nSPS) is 18.0. The zero-order valence-electron chi connectivity index (χ0n) is 13.5. The number of likely N-dealkylation sites (tertiary alicyclic amines) is 1. The predicted octanol–water partition coefficient (Wildman–Crippen LogP) is 3.25. The number of hydrogen-bond donors (Lipinski definition) is 1. The fourth-order valence-corrected chi connectivity index (χ4v) is 3.61. The Hall–Kier alpha value is -1.56. The van der Waals surface area contributed by atoms with Gasteiger partial charge in [-0.15, -0.1) is 0 Å². The van der Waals surface area contributed by atoms with E-state index < -0.39 is 0 Å². The predicted molar refractivity (Wildman–Crippen MR) is 96.1 cm³/mol. The highest BCUT2D eigenvalue weighted by Crippen LogP contribution is 2.24. The first-order chi connectivity index (χ1) is 11.6. The summed E-state index contributed by atoms with van der Waals surface area (Å²) in [5, 5.41) is 8.53. The number of piperidine rings is 1. The van der Waals surface area contributed by atoms with Gasteiger partial charge in [0, 0.05) is 24.3 Å². The van der Waals surface area contributed by atoms with Crippen molar-refractivity contribution in [3.05, 3.63) is 46.2 Å². The molecule has 1 aliphatic rings. The Morgan fingerprint density at radius 3 is 3.00 bits per heavy atom. The molecule has 1 amide bonds. The molecule has 5 nitrogen and oxygen atoms in total. The van der Waals surface area contributed by atoms with E-state index in [9.17, 15) is 4.79 Å². The number of hydrogen-bond acceptors (Lipinski definition) is 3. The van der Waals surface area contributed by atoms with Gasteiger partial charge in [0.1, 0.15) is 0 Å². The van der Waals surface area contributed by atoms with Gasteiger partial charge in [-0.3, -0.25) is 4.79 Å². The minimum absolute atomic E-state index is 0.0205. The number of amides is 1. The molecule has 1 N–H and O–H groups in total. The molecule has 24 heavy (non-hydrogen) atoms. The van der Waals surface area contributed by atoms with Crippen LogP contribution in [0.4, 0.5) is 0 Å². The second-order valence-electron chi connectivity index (χ2n) is 6.09. The highest BCUT2D eigenvalue weighted by Gasteiger charge is 2.25. The van der Waals surface area contributed by atoms with Gasteiger partial charge in [-0.1, -0.05) is 23.2 Å². The van der Waals surface area contributed by atoms with Gasteiger partial charge in [0.25, 0.3) is 5.91 Å². The fourth-order valence-electron chi connectivity index (χ4n) is 3.12. The highest BCUT2D eigenvalue weighted by molar-refractivity contribution is 6.35. The maximum Gasteiger partial charge on any atom is 0.257 e. The Morgan fingerprint density at radius 1 is 1.42 bits per heavy atom. The SMILES string of the molecule is CNC[C@@H]1CCCN(C(=O)c2cnn(-c3ccc(Cl)cc3Cl)c2)C1. The zero-order chi connectivity index (χ0) is 17.1. The van der Waals surface area contributed by atoms with Crippen molar-refractivity contribution >= 4 is 29.1 Å². The Kier molecular flexibility index (Phi) is 5.43. The smallest absolute Gasteiger partial charge is 0.257 e. The van der Waals surface area contributed by atoms with Crippen molar-refractivity contribution in [3.8, 4) is 5.69 Å². The van der Waals surface area contributed by atoms with Crippen LogP contribution < -0.4 is 5.32 Å². The molecular formula is C17H20Cl2N4O. The van der Waals surface area contributed by atoms with Crippen molar-refractivity contribution in [1.29, 1.82) is 0 Å². The monoisotopic (exact) mass is 366 g/mol. The van der Waals surface area contributed by atoms with Crippen molar-refractivity contribution in [1.82, 2.24) is 20.0 Å². The first-order valence-electron chi connectivity index (χ1n) is 8.02. The van der Waals surface area contributed by atoms with Gasteiger partial charge in [-0.2, -0.15) is 5.10 Å². The molecule has 0 unspecified atom stereocenters. The minimum Gasteiger partial charge on any atom is -0.338 e. The largest absolute Gasteiger partial charge is 0.338 e. The molecule has 0 bridgehead atoms. The minimum atomic E-state index is 0.0205. The molecule has 1 aliphatic heterocycles. The fraction of sp³-hybridized carbons (Fsp3) is 0.412. The van der Waals surface area contributed by atoms with Crippen LogP contribution in [-0.2, 0) is 0 Å². The van der Waals surface area contributed by atoms with Crippen molar-refractivity contribution in [2.45, 2.75) is 12.8 Å². The third-order valence-corrected chi connectivity index (χ3v) is 4.82. The zero-order valence-corrected chi connectivity index (χ0v) is 15.0. The van der Waals surface area contributed by atoms with E-state index in [0.717, 1.165) is 32.5 Å². The van der Waals surface area contributed by atoms with Gasteiger partial charge in [-0.05, 0) is 50.6 Å². The molecule has 7 heteroatoms. The van der Waals surface area contributed by atoms with Gasteiger partial charge in [0.15, 0.2) is 0 Å². The first kappa shape index (κ1) is 17.3. The van der Waals surface area contributed by atoms with Crippen LogP contribution in [0.5, 0.6) is 0 Å². The first-order valence-corrected chi connectivity index (χ1v) is 8.78. The summed E-state index contributed by atoms with van der Waals surface area (Å²) in [5.74, 6) is 0.528. The van der Waals surface area contributed by atoms with E-state index in [4.69, 9.17) is 23.2 Å². The maximum atomic E-state index is 12.7. The second kappa shape index (κ2) is 7.55. The Bertz CT molecular complexity index is 729. The standard InChI is InChI=1S/C17H20Cl2N4O/c1-20-8-12-3-2-6-22(10-12)17(24)13-9-21-23(11-13)16-5-4-14(18)7-15(16)19/h4-5,7,9,11-12,20H,2-3,6,8,10H2,1H3/t12-/m0/s1. The van der Waals surface area contributed by atoms with Crippen LogP contribution in [0.2, 0.25) is 10.0 Å². The molecule has 1 aromatic carbocycles. The number of benzene rings is 1. The van der Waals surface area contributed by atoms with Crippen molar-refractivity contribution < 1.29 is 4.79 Å². The van der Waals surface area contributed by atoms with Gasteiger partial charge in [0.2, 0.25) is 0 Å². The lowest BCUT2D eigenvalue weighted by Gasteiger charge is -2.32. The van der Waals surface area contributed by atoms with Crippen molar-refractivity contribution in [2.75, 3.05) is 26.7 Å². The summed E-state index contributed by atoms with van der Waals surface area (Å²) in [7, 11) is 1.95. The lowest BCUT2D eigenvalue weighted by atomic mass is 9.97. The summed E-state index contributed by atoms with van der Waals surface area (Å²) in [5.41, 5.74) is 1.28. The van der Waals surface area contributed by atoms with E-state index in [2.05, 4.69) is 10.4 Å². The molecule has 1 atom stereocenters. The highest BCUT2D eigenvalue weighted by atomic mass is 35.5.